The number of carboxylic acid groups (broad SMARTS) is 1. The van der Waals surface area contributed by atoms with E-state index in [1.54, 1.807) is 0 Å². The van der Waals surface area contributed by atoms with Crippen molar-refractivity contribution in [1.29, 1.82) is 0 Å². The number of ether oxygens (including phenoxy) is 2. The van der Waals surface area contributed by atoms with E-state index < -0.39 is 12.1 Å². The SMILES string of the molecule is CCOc1cccc([C@@H](C)OC[C@H](O)CNC(C)(C)CC2Cc3ccccc3C2)c1CCC(=O)O. The molecule has 0 heterocycles. The van der Waals surface area contributed by atoms with E-state index in [1.165, 1.54) is 11.1 Å². The second-order valence-electron chi connectivity index (χ2n) is 10.3. The number of hydrogen-bond donors (Lipinski definition) is 3. The summed E-state index contributed by atoms with van der Waals surface area (Å²) in [4.78, 5) is 11.1. The molecule has 0 aromatic heterocycles. The van der Waals surface area contributed by atoms with Crippen LogP contribution in [0.3, 0.4) is 0 Å². The Hall–Kier alpha value is -2.41. The van der Waals surface area contributed by atoms with Crippen molar-refractivity contribution in [2.24, 2.45) is 5.92 Å². The van der Waals surface area contributed by atoms with E-state index in [0.717, 1.165) is 30.4 Å². The number of carboxylic acids is 1. The van der Waals surface area contributed by atoms with E-state index >= 15 is 0 Å². The summed E-state index contributed by atoms with van der Waals surface area (Å²) in [6.07, 6.45) is 2.75. The molecular formula is C29H41NO5. The predicted molar refractivity (Wildman–Crippen MR) is 138 cm³/mol. The maximum absolute atomic E-state index is 11.1. The Labute approximate surface area is 209 Å². The Morgan fingerprint density at radius 1 is 1.14 bits per heavy atom. The van der Waals surface area contributed by atoms with Gasteiger partial charge in [-0.1, -0.05) is 36.4 Å². The van der Waals surface area contributed by atoms with E-state index in [9.17, 15) is 9.90 Å². The van der Waals surface area contributed by atoms with E-state index in [0.29, 0.717) is 31.2 Å². The zero-order valence-corrected chi connectivity index (χ0v) is 21.5. The molecule has 0 bridgehead atoms. The first-order valence-electron chi connectivity index (χ1n) is 12.8. The summed E-state index contributed by atoms with van der Waals surface area (Å²) in [5, 5.41) is 23.3. The zero-order valence-electron chi connectivity index (χ0n) is 21.5. The molecule has 0 unspecified atom stereocenters. The van der Waals surface area contributed by atoms with E-state index in [2.05, 4.69) is 43.4 Å². The molecule has 0 aliphatic heterocycles. The van der Waals surface area contributed by atoms with Crippen molar-refractivity contribution in [1.82, 2.24) is 5.32 Å². The molecule has 0 spiro atoms. The van der Waals surface area contributed by atoms with Crippen molar-refractivity contribution in [3.05, 3.63) is 64.7 Å². The van der Waals surface area contributed by atoms with Crippen LogP contribution in [0.5, 0.6) is 5.75 Å². The quantitative estimate of drug-likeness (QED) is 0.361. The van der Waals surface area contributed by atoms with Gasteiger partial charge in [-0.2, -0.15) is 0 Å². The Balaban J connectivity index is 1.49. The Morgan fingerprint density at radius 3 is 2.46 bits per heavy atom. The third kappa shape index (κ3) is 8.06. The highest BCUT2D eigenvalue weighted by Crippen LogP contribution is 2.32. The standard InChI is InChI=1S/C29H41NO5/c1-5-34-27-12-8-11-25(26(27)13-14-28(32)33)20(2)35-19-24(31)18-30-29(3,4)17-21-15-22-9-6-7-10-23(22)16-21/h6-12,20-21,24,30-31H,5,13-19H2,1-4H3,(H,32,33)/t20-,24-/m1/s1. The molecule has 0 saturated heterocycles. The van der Waals surface area contributed by atoms with Gasteiger partial charge >= 0.3 is 5.97 Å². The first-order chi connectivity index (χ1) is 16.7. The van der Waals surface area contributed by atoms with Crippen molar-refractivity contribution in [3.63, 3.8) is 0 Å². The molecule has 2 aromatic carbocycles. The third-order valence-corrected chi connectivity index (χ3v) is 6.79. The number of aliphatic hydroxyl groups is 1. The van der Waals surface area contributed by atoms with Gasteiger partial charge in [0.25, 0.3) is 0 Å². The number of rotatable bonds is 14. The lowest BCUT2D eigenvalue weighted by atomic mass is 9.88. The van der Waals surface area contributed by atoms with Gasteiger partial charge in [-0.05, 0) is 82.1 Å². The maximum Gasteiger partial charge on any atom is 0.303 e. The average molecular weight is 484 g/mol. The number of hydrogen-bond acceptors (Lipinski definition) is 5. The molecule has 2 atom stereocenters. The summed E-state index contributed by atoms with van der Waals surface area (Å²) in [7, 11) is 0. The molecule has 1 aliphatic carbocycles. The summed E-state index contributed by atoms with van der Waals surface area (Å²) in [6.45, 7) is 9.37. The molecule has 192 valence electrons. The second-order valence-corrected chi connectivity index (χ2v) is 10.3. The molecule has 3 N–H and O–H groups in total. The topological polar surface area (TPSA) is 88.0 Å². The Bertz CT molecular complexity index is 948. The van der Waals surface area contributed by atoms with Crippen molar-refractivity contribution in [3.8, 4) is 5.75 Å². The number of benzene rings is 2. The first-order valence-corrected chi connectivity index (χ1v) is 12.8. The van der Waals surface area contributed by atoms with Crippen molar-refractivity contribution >= 4 is 5.97 Å². The smallest absolute Gasteiger partial charge is 0.303 e. The molecule has 6 nitrogen and oxygen atoms in total. The normalized spacial score (nSPS) is 15.6. The van der Waals surface area contributed by atoms with Crippen LogP contribution in [-0.4, -0.2) is 47.6 Å². The zero-order chi connectivity index (χ0) is 25.4. The van der Waals surface area contributed by atoms with Crippen LogP contribution < -0.4 is 10.1 Å². The van der Waals surface area contributed by atoms with Gasteiger partial charge in [0.2, 0.25) is 0 Å². The van der Waals surface area contributed by atoms with E-state index in [1.807, 2.05) is 32.0 Å². The molecule has 0 saturated carbocycles. The van der Waals surface area contributed by atoms with Gasteiger partial charge in [0.05, 0.1) is 25.4 Å². The molecule has 6 heteroatoms. The predicted octanol–water partition coefficient (Wildman–Crippen LogP) is 4.71. The number of aliphatic hydroxyl groups excluding tert-OH is 1. The van der Waals surface area contributed by atoms with Crippen LogP contribution in [0.4, 0.5) is 0 Å². The number of nitrogens with one attached hydrogen (secondary N) is 1. The summed E-state index contributed by atoms with van der Waals surface area (Å²) in [6, 6.07) is 14.4. The largest absolute Gasteiger partial charge is 0.494 e. The molecule has 35 heavy (non-hydrogen) atoms. The van der Waals surface area contributed by atoms with Crippen LogP contribution >= 0.6 is 0 Å². The molecule has 3 rings (SSSR count). The lowest BCUT2D eigenvalue weighted by molar-refractivity contribution is -0.136. The van der Waals surface area contributed by atoms with Gasteiger partial charge in [-0.25, -0.2) is 0 Å². The van der Waals surface area contributed by atoms with Gasteiger partial charge in [0, 0.05) is 24.1 Å². The number of aliphatic carboxylic acids is 1. The van der Waals surface area contributed by atoms with Crippen LogP contribution in [0.1, 0.15) is 68.9 Å². The molecule has 0 radical (unpaired) electrons. The highest BCUT2D eigenvalue weighted by molar-refractivity contribution is 5.67. The lowest BCUT2D eigenvalue weighted by Crippen LogP contribution is -2.45. The summed E-state index contributed by atoms with van der Waals surface area (Å²) < 4.78 is 11.7. The van der Waals surface area contributed by atoms with Crippen LogP contribution in [0.15, 0.2) is 42.5 Å². The summed E-state index contributed by atoms with van der Waals surface area (Å²) in [5.74, 6) is 0.464. The van der Waals surface area contributed by atoms with Crippen molar-refractivity contribution < 1.29 is 24.5 Å². The fraction of sp³-hybridized carbons (Fsp3) is 0.552. The van der Waals surface area contributed by atoms with Crippen molar-refractivity contribution in [2.75, 3.05) is 19.8 Å². The van der Waals surface area contributed by atoms with Gasteiger partial charge in [0.15, 0.2) is 0 Å². The molecule has 2 aromatic rings. The van der Waals surface area contributed by atoms with Gasteiger partial charge in [-0.3, -0.25) is 4.79 Å². The van der Waals surface area contributed by atoms with Crippen molar-refractivity contribution in [2.45, 2.75) is 77.5 Å². The second kappa shape index (κ2) is 12.5. The highest BCUT2D eigenvalue weighted by atomic mass is 16.5. The molecule has 0 fully saturated rings. The van der Waals surface area contributed by atoms with Crippen LogP contribution in [0.25, 0.3) is 0 Å². The number of β-amino-alcohol motifs (C(OH)–C–C–N with tert-alkyl or cyclic N) is 1. The molecule has 1 aliphatic rings. The molecule has 0 amide bonds. The number of fused-ring (bicyclic) bond motifs is 1. The minimum Gasteiger partial charge on any atom is -0.494 e. The monoisotopic (exact) mass is 483 g/mol. The maximum atomic E-state index is 11.1. The Kier molecular flexibility index (Phi) is 9.72. The van der Waals surface area contributed by atoms with E-state index in [4.69, 9.17) is 14.6 Å². The Morgan fingerprint density at radius 2 is 1.83 bits per heavy atom. The van der Waals surface area contributed by atoms with Crippen LogP contribution in [-0.2, 0) is 28.8 Å². The first kappa shape index (κ1) is 27.2. The summed E-state index contributed by atoms with van der Waals surface area (Å²) >= 11 is 0. The number of carbonyl (C=O) groups is 1. The van der Waals surface area contributed by atoms with Gasteiger partial charge in [-0.15, -0.1) is 0 Å². The minimum absolute atomic E-state index is 0.0253. The van der Waals surface area contributed by atoms with Crippen LogP contribution in [0.2, 0.25) is 0 Å². The van der Waals surface area contributed by atoms with Crippen LogP contribution in [0, 0.1) is 5.92 Å². The highest BCUT2D eigenvalue weighted by Gasteiger charge is 2.28. The lowest BCUT2D eigenvalue weighted by Gasteiger charge is -2.31. The molecular weight excluding hydrogens is 442 g/mol. The van der Waals surface area contributed by atoms with Gasteiger partial charge in [0.1, 0.15) is 5.75 Å². The minimum atomic E-state index is -0.846. The third-order valence-electron chi connectivity index (χ3n) is 6.79. The average Bonchev–Trinajstić information content (AvgIpc) is 3.22. The van der Waals surface area contributed by atoms with Gasteiger partial charge < -0.3 is 25.0 Å². The summed E-state index contributed by atoms with van der Waals surface area (Å²) in [5.41, 5.74) is 4.60. The fourth-order valence-electron chi connectivity index (χ4n) is 5.14. The van der Waals surface area contributed by atoms with E-state index in [-0.39, 0.29) is 24.7 Å². The fourth-order valence-corrected chi connectivity index (χ4v) is 5.14.